The van der Waals surface area contributed by atoms with Crippen LogP contribution in [0.4, 0.5) is 13.2 Å². The Morgan fingerprint density at radius 1 is 1.07 bits per heavy atom. The molecule has 2 aliphatic heterocycles. The van der Waals surface area contributed by atoms with E-state index in [1.54, 1.807) is 6.20 Å². The summed E-state index contributed by atoms with van der Waals surface area (Å²) < 4.78 is 65.8. The Morgan fingerprint density at radius 2 is 1.76 bits per heavy atom. The smallest absolute Gasteiger partial charge is 0.291 e. The summed E-state index contributed by atoms with van der Waals surface area (Å²) in [6.07, 6.45) is 1.31. The zero-order valence-electron chi connectivity index (χ0n) is 15.5. The van der Waals surface area contributed by atoms with E-state index in [0.717, 1.165) is 25.2 Å². The average molecular weight is 427 g/mol. The number of benzene rings is 1. The number of hydrogen-bond acceptors (Lipinski definition) is 5. The normalized spacial score (nSPS) is 22.5. The Labute approximate surface area is 166 Å². The van der Waals surface area contributed by atoms with Gasteiger partial charge in [-0.3, -0.25) is 4.90 Å². The average Bonchev–Trinajstić information content (AvgIpc) is 3.37. The lowest BCUT2D eigenvalue weighted by Gasteiger charge is -2.21. The third-order valence-electron chi connectivity index (χ3n) is 5.12. The van der Waals surface area contributed by atoms with Crippen LogP contribution in [0, 0.1) is 0 Å². The SMILES string of the molecule is O=S1(=O)CC(N2CC=CC2)CN1Cc1cn(Cc2ccc(C(F)(F)F)cc2)nn1. The molecule has 0 amide bonds. The van der Waals surface area contributed by atoms with Gasteiger partial charge in [-0.05, 0) is 17.7 Å². The second-order valence-corrected chi connectivity index (χ2v) is 9.27. The van der Waals surface area contributed by atoms with Gasteiger partial charge in [0, 0.05) is 25.7 Å². The van der Waals surface area contributed by atoms with Gasteiger partial charge < -0.3 is 0 Å². The van der Waals surface area contributed by atoms with Crippen molar-refractivity contribution in [3.63, 3.8) is 0 Å². The number of sulfonamides is 1. The Balaban J connectivity index is 1.39. The van der Waals surface area contributed by atoms with E-state index in [-0.39, 0.29) is 24.9 Å². The molecular weight excluding hydrogens is 407 g/mol. The summed E-state index contributed by atoms with van der Waals surface area (Å²) >= 11 is 0. The van der Waals surface area contributed by atoms with Crippen LogP contribution in [-0.4, -0.2) is 64.0 Å². The Bertz CT molecular complexity index is 993. The Kier molecular flexibility index (Phi) is 5.21. The van der Waals surface area contributed by atoms with Crippen LogP contribution in [0.25, 0.3) is 0 Å². The van der Waals surface area contributed by atoms with Crippen molar-refractivity contribution in [3.05, 3.63) is 59.4 Å². The zero-order valence-corrected chi connectivity index (χ0v) is 16.3. The molecule has 1 unspecified atom stereocenters. The topological polar surface area (TPSA) is 71.3 Å². The highest BCUT2D eigenvalue weighted by Gasteiger charge is 2.39. The van der Waals surface area contributed by atoms with Crippen LogP contribution in [0.15, 0.2) is 42.6 Å². The molecule has 4 rings (SSSR count). The summed E-state index contributed by atoms with van der Waals surface area (Å²) in [6.45, 7) is 2.32. The summed E-state index contributed by atoms with van der Waals surface area (Å²) in [7, 11) is -3.36. The van der Waals surface area contributed by atoms with Crippen molar-refractivity contribution >= 4 is 10.0 Å². The lowest BCUT2D eigenvalue weighted by molar-refractivity contribution is -0.137. The molecule has 0 aliphatic carbocycles. The summed E-state index contributed by atoms with van der Waals surface area (Å²) in [5, 5.41) is 7.99. The number of hydrogen-bond donors (Lipinski definition) is 0. The van der Waals surface area contributed by atoms with Gasteiger partial charge in [-0.25, -0.2) is 13.1 Å². The molecule has 11 heteroatoms. The molecule has 0 N–H and O–H groups in total. The standard InChI is InChI=1S/C18H20F3N5O2S/c19-18(20,21)15-5-3-14(4-6-15)9-25-10-16(22-23-25)11-26-12-17(13-29(26,27)28)24-7-1-2-8-24/h1-6,10,17H,7-9,11-13H2. The molecule has 2 aliphatic rings. The minimum atomic E-state index is -4.37. The predicted octanol–water partition coefficient (Wildman–Crippen LogP) is 1.73. The van der Waals surface area contributed by atoms with E-state index in [1.165, 1.54) is 21.1 Å². The molecule has 1 aromatic carbocycles. The number of alkyl halides is 3. The fourth-order valence-electron chi connectivity index (χ4n) is 3.58. The highest BCUT2D eigenvalue weighted by atomic mass is 32.2. The van der Waals surface area contributed by atoms with Gasteiger partial charge >= 0.3 is 6.18 Å². The quantitative estimate of drug-likeness (QED) is 0.680. The van der Waals surface area contributed by atoms with Crippen molar-refractivity contribution in [2.75, 3.05) is 25.4 Å². The molecule has 7 nitrogen and oxygen atoms in total. The van der Waals surface area contributed by atoms with Gasteiger partial charge in [-0.15, -0.1) is 5.10 Å². The van der Waals surface area contributed by atoms with Crippen LogP contribution in [0.3, 0.4) is 0 Å². The van der Waals surface area contributed by atoms with Crippen molar-refractivity contribution in [1.29, 1.82) is 0 Å². The van der Waals surface area contributed by atoms with Crippen LogP contribution < -0.4 is 0 Å². The van der Waals surface area contributed by atoms with E-state index in [9.17, 15) is 21.6 Å². The minimum absolute atomic E-state index is 0.0443. The molecule has 156 valence electrons. The Hall–Kier alpha value is -2.24. The van der Waals surface area contributed by atoms with E-state index >= 15 is 0 Å². The highest BCUT2D eigenvalue weighted by Crippen LogP contribution is 2.29. The summed E-state index contributed by atoms with van der Waals surface area (Å²) in [5.74, 6) is 0.0916. The van der Waals surface area contributed by atoms with Crippen molar-refractivity contribution < 1.29 is 21.6 Å². The fourth-order valence-corrected chi connectivity index (χ4v) is 5.32. The van der Waals surface area contributed by atoms with E-state index in [1.807, 2.05) is 12.2 Å². The van der Waals surface area contributed by atoms with E-state index in [4.69, 9.17) is 0 Å². The first-order valence-corrected chi connectivity index (χ1v) is 10.7. The molecule has 29 heavy (non-hydrogen) atoms. The van der Waals surface area contributed by atoms with Crippen LogP contribution >= 0.6 is 0 Å². The first-order chi connectivity index (χ1) is 13.7. The largest absolute Gasteiger partial charge is 0.416 e. The van der Waals surface area contributed by atoms with E-state index in [0.29, 0.717) is 17.8 Å². The first kappa shape index (κ1) is 20.0. The maximum atomic E-state index is 12.6. The molecule has 1 saturated heterocycles. The number of aromatic nitrogens is 3. The number of rotatable bonds is 5. The van der Waals surface area contributed by atoms with Crippen molar-refractivity contribution in [1.82, 2.24) is 24.2 Å². The first-order valence-electron chi connectivity index (χ1n) is 9.13. The van der Waals surface area contributed by atoms with E-state index < -0.39 is 21.8 Å². The molecule has 0 saturated carbocycles. The minimum Gasteiger partial charge on any atom is -0.291 e. The van der Waals surface area contributed by atoms with Crippen LogP contribution in [0.2, 0.25) is 0 Å². The molecule has 1 fully saturated rings. The van der Waals surface area contributed by atoms with Gasteiger partial charge in [0.1, 0.15) is 0 Å². The molecule has 3 heterocycles. The summed E-state index contributed by atoms with van der Waals surface area (Å²) in [4.78, 5) is 2.12. The number of halogens is 3. The second-order valence-electron chi connectivity index (χ2n) is 7.25. The third kappa shape index (κ3) is 4.51. The summed E-state index contributed by atoms with van der Waals surface area (Å²) in [5.41, 5.74) is 0.438. The van der Waals surface area contributed by atoms with Gasteiger partial charge in [-0.2, -0.15) is 17.5 Å². The van der Waals surface area contributed by atoms with Gasteiger partial charge in [0.15, 0.2) is 0 Å². The van der Waals surface area contributed by atoms with E-state index in [2.05, 4.69) is 15.2 Å². The predicted molar refractivity (Wildman–Crippen MR) is 99.3 cm³/mol. The summed E-state index contributed by atoms with van der Waals surface area (Å²) in [6, 6.07) is 4.79. The second kappa shape index (κ2) is 7.54. The maximum Gasteiger partial charge on any atom is 0.416 e. The lowest BCUT2D eigenvalue weighted by Crippen LogP contribution is -2.37. The Morgan fingerprint density at radius 3 is 2.41 bits per heavy atom. The van der Waals surface area contributed by atoms with Gasteiger partial charge in [0.2, 0.25) is 10.0 Å². The van der Waals surface area contributed by atoms with Gasteiger partial charge in [0.25, 0.3) is 0 Å². The van der Waals surface area contributed by atoms with Crippen LogP contribution in [0.5, 0.6) is 0 Å². The molecule has 2 aromatic rings. The molecule has 1 aromatic heterocycles. The fraction of sp³-hybridized carbons (Fsp3) is 0.444. The monoisotopic (exact) mass is 427 g/mol. The van der Waals surface area contributed by atoms with Crippen LogP contribution in [0.1, 0.15) is 16.8 Å². The molecular formula is C18H20F3N5O2S. The highest BCUT2D eigenvalue weighted by molar-refractivity contribution is 7.89. The molecule has 1 atom stereocenters. The van der Waals surface area contributed by atoms with Crippen molar-refractivity contribution in [3.8, 4) is 0 Å². The zero-order chi connectivity index (χ0) is 20.6. The lowest BCUT2D eigenvalue weighted by atomic mass is 10.1. The van der Waals surface area contributed by atoms with Crippen molar-refractivity contribution in [2.45, 2.75) is 25.3 Å². The van der Waals surface area contributed by atoms with Crippen LogP contribution in [-0.2, 0) is 29.3 Å². The molecule has 0 bridgehead atoms. The number of nitrogens with zero attached hydrogens (tertiary/aromatic N) is 5. The van der Waals surface area contributed by atoms with Gasteiger partial charge in [-0.1, -0.05) is 29.5 Å². The molecule has 0 radical (unpaired) electrons. The van der Waals surface area contributed by atoms with Crippen molar-refractivity contribution in [2.24, 2.45) is 0 Å². The maximum absolute atomic E-state index is 12.6. The third-order valence-corrected chi connectivity index (χ3v) is 6.99. The molecule has 0 spiro atoms. The van der Waals surface area contributed by atoms with Gasteiger partial charge in [0.05, 0.1) is 36.3 Å².